The number of anilines is 6. The Bertz CT molecular complexity index is 7840. The molecule has 0 saturated heterocycles. The predicted molar refractivity (Wildman–Crippen MR) is 518 cm³/mol. The van der Waals surface area contributed by atoms with E-state index in [1.165, 1.54) is 120 Å². The van der Waals surface area contributed by atoms with Crippen LogP contribution in [0, 0.1) is 0 Å². The quantitative estimate of drug-likeness (QED) is 0.0959. The van der Waals surface area contributed by atoms with E-state index < -0.39 is 0 Å². The summed E-state index contributed by atoms with van der Waals surface area (Å²) in [4.78, 5) is 4.81. The normalized spacial score (nSPS) is 11.6. The van der Waals surface area contributed by atoms with E-state index in [2.05, 4.69) is 492 Å². The Kier molecular flexibility index (Phi) is 17.6. The van der Waals surface area contributed by atoms with Gasteiger partial charge in [0.25, 0.3) is 0 Å². The number of para-hydroxylation sites is 5. The van der Waals surface area contributed by atoms with Gasteiger partial charge in [-0.15, -0.1) is 0 Å². The molecule has 2 heterocycles. The summed E-state index contributed by atoms with van der Waals surface area (Å²) in [7, 11) is 0. The SMILES string of the molecule is c1ccc(-n2c3ccccc3c3ccccc32)c(-c2ccc(-c3ccc(N(c4ccc(-c5cccc6ccccc56)cc4)c4ccc(-c5ccc(-c6ccc(-n7c8ccccc8c8ccccc87)c(-c7ccc(-c8ccc(N(c9ccc(-c%10cccc%11ccccc%10%11)cc9)c9ccc%10ccccc%10c9)cc8)cc7)c6)cc5)c5ccccc45)cc3)cc2)c1. The number of hydrogen-bond acceptors (Lipinski definition) is 2. The second-order valence-electron chi connectivity index (χ2n) is 31.8. The fraction of sp³-hybridized carbons (Fsp3) is 0. The van der Waals surface area contributed by atoms with Gasteiger partial charge in [0, 0.05) is 66.5 Å². The minimum Gasteiger partial charge on any atom is -0.310 e. The molecule has 570 valence electrons. The summed E-state index contributed by atoms with van der Waals surface area (Å²) in [6.07, 6.45) is 0. The van der Waals surface area contributed by atoms with Gasteiger partial charge in [-0.3, -0.25) is 0 Å². The molecule has 23 rings (SSSR count). The van der Waals surface area contributed by atoms with E-state index in [-0.39, 0.29) is 0 Å². The summed E-state index contributed by atoms with van der Waals surface area (Å²) >= 11 is 0. The third kappa shape index (κ3) is 12.6. The Morgan fingerprint density at radius 2 is 0.434 bits per heavy atom. The maximum absolute atomic E-state index is 2.46. The highest BCUT2D eigenvalue weighted by Crippen LogP contribution is 2.48. The van der Waals surface area contributed by atoms with Crippen molar-refractivity contribution in [2.24, 2.45) is 0 Å². The first-order chi connectivity index (χ1) is 60.5. The lowest BCUT2D eigenvalue weighted by atomic mass is 9.93. The lowest BCUT2D eigenvalue weighted by Crippen LogP contribution is -2.10. The number of rotatable bonds is 16. The molecule has 0 bridgehead atoms. The van der Waals surface area contributed by atoms with Crippen molar-refractivity contribution in [3.8, 4) is 100 Å². The minimum absolute atomic E-state index is 1.06. The van der Waals surface area contributed by atoms with E-state index in [4.69, 9.17) is 0 Å². The number of nitrogens with zero attached hydrogens (tertiary/aromatic N) is 4. The highest BCUT2D eigenvalue weighted by atomic mass is 15.1. The zero-order valence-corrected chi connectivity index (χ0v) is 66.8. The lowest BCUT2D eigenvalue weighted by molar-refractivity contribution is 1.18. The van der Waals surface area contributed by atoms with Crippen molar-refractivity contribution in [2.45, 2.75) is 0 Å². The topological polar surface area (TPSA) is 16.3 Å². The highest BCUT2D eigenvalue weighted by Gasteiger charge is 2.24. The molecule has 0 amide bonds. The van der Waals surface area contributed by atoms with E-state index in [0.717, 1.165) is 101 Å². The standard InChI is InChI=1S/C118H78N4/c1-2-24-92-77-98(73-59-79(92)21-1)119(95-69-60-88(61-70-95)101-36-19-25-85-22-3-5-27-99(85)101)94-65-55-82(56-66-94)81-45-53-91(54-46-81)111-78-93(64-75-118(111)122-115-41-17-12-34-109(115)110-35-13-18-42-116(110)122)84-47-49-87(50-48-84)103-74-76-117(106-31-8-7-30-105(103)106)120(97-71-62-89(63-72-97)102-37-20-26-86-23-4-6-28-100(86)102)96-67-57-83(58-68-96)80-43-51-90(52-44-80)104-29-9-14-38-112(104)121-113-39-15-10-32-107(113)108-33-11-16-40-114(108)121/h1-78H. The number of aromatic nitrogens is 2. The number of benzene rings is 21. The average Bonchev–Trinajstić information content (AvgIpc) is 1.59. The smallest absolute Gasteiger partial charge is 0.0541 e. The van der Waals surface area contributed by atoms with Gasteiger partial charge in [-0.1, -0.05) is 364 Å². The molecule has 0 aliphatic heterocycles. The molecule has 0 spiro atoms. The van der Waals surface area contributed by atoms with E-state index in [1.807, 2.05) is 0 Å². The van der Waals surface area contributed by atoms with E-state index >= 15 is 0 Å². The Hall–Kier alpha value is -16.1. The van der Waals surface area contributed by atoms with Gasteiger partial charge in [0.2, 0.25) is 0 Å². The summed E-state index contributed by atoms with van der Waals surface area (Å²) in [5.74, 6) is 0. The Morgan fingerprint density at radius 3 is 0.910 bits per heavy atom. The van der Waals surface area contributed by atoms with Gasteiger partial charge >= 0.3 is 0 Å². The molecule has 0 unspecified atom stereocenters. The van der Waals surface area contributed by atoms with Gasteiger partial charge in [0.1, 0.15) is 0 Å². The Morgan fingerprint density at radius 1 is 0.139 bits per heavy atom. The van der Waals surface area contributed by atoms with Crippen LogP contribution in [0.25, 0.3) is 187 Å². The largest absolute Gasteiger partial charge is 0.310 e. The summed E-state index contributed by atoms with van der Waals surface area (Å²) < 4.78 is 4.88. The van der Waals surface area contributed by atoms with Crippen LogP contribution < -0.4 is 9.80 Å². The fourth-order valence-corrected chi connectivity index (χ4v) is 19.0. The van der Waals surface area contributed by atoms with Crippen LogP contribution in [0.4, 0.5) is 34.1 Å². The van der Waals surface area contributed by atoms with Crippen LogP contribution in [-0.2, 0) is 0 Å². The van der Waals surface area contributed by atoms with Crippen LogP contribution in [0.5, 0.6) is 0 Å². The van der Waals surface area contributed by atoms with Crippen molar-refractivity contribution in [3.05, 3.63) is 473 Å². The molecule has 0 radical (unpaired) electrons. The maximum atomic E-state index is 2.46. The first-order valence-corrected chi connectivity index (χ1v) is 42.0. The molecule has 0 aliphatic carbocycles. The fourth-order valence-electron chi connectivity index (χ4n) is 19.0. The van der Waals surface area contributed by atoms with Crippen LogP contribution in [0.2, 0.25) is 0 Å². The predicted octanol–water partition coefficient (Wildman–Crippen LogP) is 32.8. The molecular weight excluding hydrogens is 1470 g/mol. The van der Waals surface area contributed by atoms with Crippen LogP contribution in [0.1, 0.15) is 0 Å². The summed E-state index contributed by atoms with van der Waals surface area (Å²) in [6, 6.07) is 174. The summed E-state index contributed by atoms with van der Waals surface area (Å²) in [6.45, 7) is 0. The molecule has 0 saturated carbocycles. The van der Waals surface area contributed by atoms with E-state index in [1.54, 1.807) is 0 Å². The zero-order chi connectivity index (χ0) is 80.6. The van der Waals surface area contributed by atoms with Crippen molar-refractivity contribution in [3.63, 3.8) is 0 Å². The van der Waals surface area contributed by atoms with Crippen LogP contribution in [0.3, 0.4) is 0 Å². The number of fused-ring (bicyclic) bond motifs is 10. The van der Waals surface area contributed by atoms with Gasteiger partial charge in [-0.2, -0.15) is 0 Å². The minimum atomic E-state index is 1.06. The summed E-state index contributed by atoms with van der Waals surface area (Å²) in [5.41, 5.74) is 32.1. The van der Waals surface area contributed by atoms with Crippen molar-refractivity contribution in [2.75, 3.05) is 9.80 Å². The first kappa shape index (κ1) is 71.2. The third-order valence-electron chi connectivity index (χ3n) is 25.0. The molecule has 4 nitrogen and oxygen atoms in total. The van der Waals surface area contributed by atoms with Gasteiger partial charge in [-0.05, 0) is 225 Å². The molecule has 122 heavy (non-hydrogen) atoms. The Balaban J connectivity index is 0.574. The summed E-state index contributed by atoms with van der Waals surface area (Å²) in [5, 5.41) is 14.7. The molecule has 0 N–H and O–H groups in total. The number of hydrogen-bond donors (Lipinski definition) is 0. The molecule has 0 fully saturated rings. The molecular formula is C118H78N4. The molecule has 2 aromatic heterocycles. The first-order valence-electron chi connectivity index (χ1n) is 42.0. The lowest BCUT2D eigenvalue weighted by Gasteiger charge is -2.28. The second-order valence-corrected chi connectivity index (χ2v) is 31.8. The van der Waals surface area contributed by atoms with Gasteiger partial charge in [0.15, 0.2) is 0 Å². The van der Waals surface area contributed by atoms with E-state index in [0.29, 0.717) is 0 Å². The zero-order valence-electron chi connectivity index (χ0n) is 66.8. The van der Waals surface area contributed by atoms with Crippen molar-refractivity contribution in [1.29, 1.82) is 0 Å². The second kappa shape index (κ2) is 30.1. The Labute approximate surface area is 708 Å². The van der Waals surface area contributed by atoms with Crippen LogP contribution >= 0.6 is 0 Å². The van der Waals surface area contributed by atoms with Crippen LogP contribution in [-0.4, -0.2) is 9.13 Å². The molecule has 0 atom stereocenters. The van der Waals surface area contributed by atoms with Gasteiger partial charge in [0.05, 0.1) is 39.1 Å². The van der Waals surface area contributed by atoms with Crippen LogP contribution in [0.15, 0.2) is 473 Å². The third-order valence-corrected chi connectivity index (χ3v) is 25.0. The molecule has 0 aliphatic rings. The maximum Gasteiger partial charge on any atom is 0.0541 e. The van der Waals surface area contributed by atoms with Gasteiger partial charge < -0.3 is 18.9 Å². The average molecular weight is 1550 g/mol. The van der Waals surface area contributed by atoms with Crippen molar-refractivity contribution < 1.29 is 0 Å². The van der Waals surface area contributed by atoms with Gasteiger partial charge in [-0.25, -0.2) is 0 Å². The van der Waals surface area contributed by atoms with Crippen molar-refractivity contribution in [1.82, 2.24) is 9.13 Å². The molecule has 21 aromatic carbocycles. The highest BCUT2D eigenvalue weighted by molar-refractivity contribution is 6.12. The molecule has 23 aromatic rings. The van der Waals surface area contributed by atoms with Crippen molar-refractivity contribution >= 4 is 121 Å². The van der Waals surface area contributed by atoms with E-state index in [9.17, 15) is 0 Å². The monoisotopic (exact) mass is 1550 g/mol. The molecule has 4 heteroatoms.